The Bertz CT molecular complexity index is 1570. The van der Waals surface area contributed by atoms with E-state index in [2.05, 4.69) is 82.0 Å². The zero-order chi connectivity index (χ0) is 27.5. The van der Waals surface area contributed by atoms with Crippen molar-refractivity contribution in [2.45, 2.75) is 39.5 Å². The van der Waals surface area contributed by atoms with E-state index in [4.69, 9.17) is 9.72 Å². The van der Waals surface area contributed by atoms with Gasteiger partial charge in [0.25, 0.3) is 0 Å². The maximum Gasteiger partial charge on any atom is 0.250 e. The Morgan fingerprint density at radius 1 is 1.00 bits per heavy atom. The van der Waals surface area contributed by atoms with Gasteiger partial charge in [-0.1, -0.05) is 48.6 Å². The normalized spacial score (nSPS) is 15.3. The molecule has 1 fully saturated rings. The predicted molar refractivity (Wildman–Crippen MR) is 164 cm³/mol. The molecule has 0 saturated carbocycles. The minimum atomic E-state index is -0.0867. The van der Waals surface area contributed by atoms with Crippen LogP contribution in [0.4, 0.5) is 11.4 Å². The molecule has 40 heavy (non-hydrogen) atoms. The fraction of sp³-hybridized carbons (Fsp3) is 0.290. The number of aromatic nitrogens is 2. The zero-order valence-electron chi connectivity index (χ0n) is 22.7. The molecule has 206 valence electrons. The van der Waals surface area contributed by atoms with E-state index >= 15 is 0 Å². The van der Waals surface area contributed by atoms with Crippen molar-refractivity contribution in [2.24, 2.45) is 0 Å². The maximum atomic E-state index is 12.7. The van der Waals surface area contributed by atoms with Crippen LogP contribution in [0.5, 0.6) is 0 Å². The van der Waals surface area contributed by atoms with Gasteiger partial charge in [-0.3, -0.25) is 9.78 Å². The average molecular weight is 572 g/mol. The van der Waals surface area contributed by atoms with Crippen molar-refractivity contribution < 1.29 is 4.74 Å². The smallest absolute Gasteiger partial charge is 0.250 e. The number of pyridine rings is 2. The van der Waals surface area contributed by atoms with Crippen LogP contribution in [0.2, 0.25) is 0 Å². The number of ether oxygens (including phenoxy) is 1. The van der Waals surface area contributed by atoms with E-state index in [-0.39, 0.29) is 11.6 Å². The lowest BCUT2D eigenvalue weighted by Gasteiger charge is -2.29. The van der Waals surface area contributed by atoms with Crippen molar-refractivity contribution in [1.82, 2.24) is 15.3 Å². The lowest BCUT2D eigenvalue weighted by molar-refractivity contribution is 0.122. The minimum absolute atomic E-state index is 0.0635. The van der Waals surface area contributed by atoms with Crippen LogP contribution in [0.15, 0.2) is 91.1 Å². The molecule has 2 aromatic carbocycles. The highest BCUT2D eigenvalue weighted by Gasteiger charge is 2.23. The number of hydrogen-bond donors (Lipinski definition) is 3. The molecule has 4 heterocycles. The largest absolute Gasteiger partial charge is 0.378 e. The molecule has 1 saturated heterocycles. The Kier molecular flexibility index (Phi) is 8.15. The quantitative estimate of drug-likeness (QED) is 0.211. The zero-order valence-corrected chi connectivity index (χ0v) is 24.3. The second-order valence-electron chi connectivity index (χ2n) is 9.92. The van der Waals surface area contributed by atoms with Gasteiger partial charge in [0.15, 0.2) is 0 Å². The van der Waals surface area contributed by atoms with Crippen molar-refractivity contribution in [3.63, 3.8) is 0 Å². The number of likely N-dealkylation sites (N-methyl/N-ethyl adjacent to an activating group) is 1. The molecule has 9 heteroatoms. The summed E-state index contributed by atoms with van der Waals surface area (Å²) >= 11 is 3.54. The lowest BCUT2D eigenvalue weighted by atomic mass is 10.1. The molecule has 1 atom stereocenters. The first kappa shape index (κ1) is 27.0. The van der Waals surface area contributed by atoms with Gasteiger partial charge in [0, 0.05) is 67.9 Å². The number of fused-ring (bicyclic) bond motifs is 2. The summed E-state index contributed by atoms with van der Waals surface area (Å²) in [6, 6.07) is 22.9. The van der Waals surface area contributed by atoms with E-state index in [0.717, 1.165) is 60.2 Å². The van der Waals surface area contributed by atoms with E-state index in [1.54, 1.807) is 29.6 Å². The number of rotatable bonds is 8. The van der Waals surface area contributed by atoms with Gasteiger partial charge >= 0.3 is 0 Å². The van der Waals surface area contributed by atoms with Gasteiger partial charge in [0.1, 0.15) is 0 Å². The molecule has 4 aromatic rings. The highest BCUT2D eigenvalue weighted by atomic mass is 32.2. The molecule has 2 aromatic heterocycles. The first-order valence-corrected chi connectivity index (χ1v) is 15.3. The van der Waals surface area contributed by atoms with Gasteiger partial charge in [-0.25, -0.2) is 0 Å². The van der Waals surface area contributed by atoms with Crippen LogP contribution < -0.4 is 21.1 Å². The van der Waals surface area contributed by atoms with Gasteiger partial charge in [0.2, 0.25) is 5.56 Å². The second-order valence-corrected chi connectivity index (χ2v) is 12.1. The topological polar surface area (TPSA) is 82.3 Å². The fourth-order valence-corrected chi connectivity index (χ4v) is 7.47. The summed E-state index contributed by atoms with van der Waals surface area (Å²) in [6.45, 7) is 8.79. The van der Waals surface area contributed by atoms with Crippen molar-refractivity contribution in [1.29, 1.82) is 0 Å². The molecule has 2 aliphatic rings. The summed E-state index contributed by atoms with van der Waals surface area (Å²) in [5.74, 6) is 0. The molecular formula is C31H33N5O2S2. The monoisotopic (exact) mass is 571 g/mol. The van der Waals surface area contributed by atoms with Gasteiger partial charge < -0.3 is 25.3 Å². The highest BCUT2D eigenvalue weighted by molar-refractivity contribution is 8.05. The average Bonchev–Trinajstić information content (AvgIpc) is 2.98. The first-order chi connectivity index (χ1) is 19.6. The van der Waals surface area contributed by atoms with Crippen LogP contribution in [0.1, 0.15) is 24.4 Å². The predicted octanol–water partition coefficient (Wildman–Crippen LogP) is 5.96. The van der Waals surface area contributed by atoms with Gasteiger partial charge in [0.05, 0.1) is 30.6 Å². The summed E-state index contributed by atoms with van der Waals surface area (Å²) in [5, 5.41) is 7.18. The molecule has 0 aliphatic carbocycles. The summed E-state index contributed by atoms with van der Waals surface area (Å²) < 4.78 is 5.50. The summed E-state index contributed by atoms with van der Waals surface area (Å²) in [7, 11) is 0. The lowest BCUT2D eigenvalue weighted by Crippen LogP contribution is -2.36. The Labute approximate surface area is 243 Å². The van der Waals surface area contributed by atoms with Crippen LogP contribution in [-0.4, -0.2) is 49.4 Å². The minimum Gasteiger partial charge on any atom is -0.378 e. The van der Waals surface area contributed by atoms with Gasteiger partial charge in [-0.15, -0.1) is 0 Å². The van der Waals surface area contributed by atoms with Gasteiger partial charge in [-0.2, -0.15) is 0 Å². The van der Waals surface area contributed by atoms with Crippen LogP contribution >= 0.6 is 23.5 Å². The number of hydrogen-bond acceptors (Lipinski definition) is 8. The third-order valence-corrected chi connectivity index (χ3v) is 9.65. The molecular weight excluding hydrogens is 539 g/mol. The van der Waals surface area contributed by atoms with E-state index in [1.165, 1.54) is 19.6 Å². The number of nitrogens with zero attached hydrogens (tertiary/aromatic N) is 2. The summed E-state index contributed by atoms with van der Waals surface area (Å²) in [4.78, 5) is 27.5. The number of aryl methyl sites for hydroxylation is 1. The Hall–Kier alpha value is -3.24. The van der Waals surface area contributed by atoms with Crippen molar-refractivity contribution in [3.8, 4) is 11.3 Å². The Morgan fingerprint density at radius 3 is 2.67 bits per heavy atom. The number of nitrogens with one attached hydrogen (secondary N) is 3. The number of benzene rings is 2. The Morgan fingerprint density at radius 2 is 1.85 bits per heavy atom. The molecule has 6 rings (SSSR count). The van der Waals surface area contributed by atoms with E-state index < -0.39 is 0 Å². The first-order valence-electron chi connectivity index (χ1n) is 13.7. The summed E-state index contributed by atoms with van der Waals surface area (Å²) in [5.41, 5.74) is 5.87. The SMILES string of the molecule is CCNCC(Nc1ccc2c(c1)Sc1cccc(-c3cc(N4CCOCC4)cc(=O)[nH]3)c1S2)c1cccc(C)n1. The summed E-state index contributed by atoms with van der Waals surface area (Å²) in [6.07, 6.45) is 0. The van der Waals surface area contributed by atoms with Crippen LogP contribution in [0.3, 0.4) is 0 Å². The molecule has 2 aliphatic heterocycles. The third kappa shape index (κ3) is 5.93. The van der Waals surface area contributed by atoms with Crippen molar-refractivity contribution in [3.05, 3.63) is 88.5 Å². The molecule has 0 bridgehead atoms. The van der Waals surface area contributed by atoms with E-state index in [0.29, 0.717) is 13.2 Å². The number of anilines is 2. The van der Waals surface area contributed by atoms with Crippen LogP contribution in [0, 0.1) is 6.92 Å². The standard InChI is InChI=1S/C31H33N5O2S2/c1-3-32-19-26(24-8-4-6-20(2)33-24)34-21-10-11-27-29(16-21)39-28-9-5-7-23(31(28)40-27)25-17-22(18-30(37)35-25)36-12-14-38-15-13-36/h4-11,16-18,26,32,34H,3,12-15,19H2,1-2H3,(H,35,37). The van der Waals surface area contributed by atoms with E-state index in [9.17, 15) is 4.79 Å². The van der Waals surface area contributed by atoms with Crippen molar-refractivity contribution >= 4 is 34.9 Å². The van der Waals surface area contributed by atoms with E-state index in [1.807, 2.05) is 13.0 Å². The van der Waals surface area contributed by atoms with Gasteiger partial charge in [-0.05, 0) is 55.9 Å². The maximum absolute atomic E-state index is 12.7. The number of H-pyrrole nitrogens is 1. The Balaban J connectivity index is 1.27. The molecule has 0 spiro atoms. The van der Waals surface area contributed by atoms with Crippen LogP contribution in [-0.2, 0) is 4.74 Å². The third-order valence-electron chi connectivity index (χ3n) is 7.06. The highest BCUT2D eigenvalue weighted by Crippen LogP contribution is 2.52. The van der Waals surface area contributed by atoms with Crippen molar-refractivity contribution in [2.75, 3.05) is 49.6 Å². The number of aromatic amines is 1. The molecule has 0 amide bonds. The molecule has 0 radical (unpaired) electrons. The molecule has 1 unspecified atom stereocenters. The molecule has 7 nitrogen and oxygen atoms in total. The van der Waals surface area contributed by atoms with Crippen LogP contribution in [0.25, 0.3) is 11.3 Å². The fourth-order valence-electron chi connectivity index (χ4n) is 5.06. The second kappa shape index (κ2) is 12.1. The molecule has 3 N–H and O–H groups in total. The number of morpholine rings is 1.